The van der Waals surface area contributed by atoms with E-state index in [1.807, 2.05) is 0 Å². The molecule has 0 saturated heterocycles. The molecule has 7 nitrogen and oxygen atoms in total. The van der Waals surface area contributed by atoms with Crippen LogP contribution < -0.4 is 5.32 Å². The van der Waals surface area contributed by atoms with Gasteiger partial charge in [-0.2, -0.15) is 0 Å². The predicted molar refractivity (Wildman–Crippen MR) is 56.2 cm³/mol. The van der Waals surface area contributed by atoms with Gasteiger partial charge in [0.25, 0.3) is 0 Å². The number of carboxylic acid groups (broad SMARTS) is 1. The predicted octanol–water partition coefficient (Wildman–Crippen LogP) is -0.890. The number of carbonyl (C=O) groups is 2. The van der Waals surface area contributed by atoms with Crippen molar-refractivity contribution >= 4 is 12.0 Å². The first-order valence-corrected chi connectivity index (χ1v) is 4.95. The third-order valence-electron chi connectivity index (χ3n) is 1.97. The van der Waals surface area contributed by atoms with Gasteiger partial charge in [0.1, 0.15) is 0 Å². The topological polar surface area (TPSA) is 99.1 Å². The minimum Gasteiger partial charge on any atom is -0.479 e. The molecule has 0 fully saturated rings. The number of methoxy groups -OCH3 is 1. The molecular formula is C9H18N2O5. The first-order chi connectivity index (χ1) is 7.52. The molecule has 7 heteroatoms. The summed E-state index contributed by atoms with van der Waals surface area (Å²) in [5, 5.41) is 19.7. The molecule has 2 amide bonds. The van der Waals surface area contributed by atoms with Gasteiger partial charge < -0.3 is 25.2 Å². The molecule has 3 N–H and O–H groups in total. The number of aliphatic carboxylic acids is 1. The van der Waals surface area contributed by atoms with Crippen LogP contribution in [0.15, 0.2) is 0 Å². The number of ether oxygens (including phenoxy) is 1. The lowest BCUT2D eigenvalue weighted by Crippen LogP contribution is -2.45. The summed E-state index contributed by atoms with van der Waals surface area (Å²) < 4.78 is 4.82. The summed E-state index contributed by atoms with van der Waals surface area (Å²) in [5.74, 6) is -1.36. The molecule has 0 heterocycles. The van der Waals surface area contributed by atoms with Gasteiger partial charge in [-0.25, -0.2) is 9.59 Å². The zero-order chi connectivity index (χ0) is 12.6. The van der Waals surface area contributed by atoms with Crippen LogP contribution in [0.5, 0.6) is 0 Å². The van der Waals surface area contributed by atoms with E-state index in [1.165, 1.54) is 12.0 Å². The van der Waals surface area contributed by atoms with Crippen molar-refractivity contribution in [3.8, 4) is 0 Å². The van der Waals surface area contributed by atoms with Gasteiger partial charge in [0.15, 0.2) is 6.10 Å². The first kappa shape index (κ1) is 14.7. The maximum atomic E-state index is 11.5. The number of nitrogens with one attached hydrogen (secondary N) is 1. The van der Waals surface area contributed by atoms with Gasteiger partial charge in [-0.05, 0) is 6.92 Å². The van der Waals surface area contributed by atoms with Crippen molar-refractivity contribution in [2.24, 2.45) is 0 Å². The van der Waals surface area contributed by atoms with Crippen molar-refractivity contribution in [2.45, 2.75) is 13.0 Å². The summed E-state index contributed by atoms with van der Waals surface area (Å²) in [6.45, 7) is 2.80. The Morgan fingerprint density at radius 3 is 2.56 bits per heavy atom. The van der Waals surface area contributed by atoms with Crippen molar-refractivity contribution in [2.75, 3.05) is 33.4 Å². The minimum absolute atomic E-state index is 0.308. The molecular weight excluding hydrogens is 216 g/mol. The summed E-state index contributed by atoms with van der Waals surface area (Å²) in [6, 6.07) is -0.417. The van der Waals surface area contributed by atoms with E-state index >= 15 is 0 Å². The highest BCUT2D eigenvalue weighted by molar-refractivity contribution is 5.76. The van der Waals surface area contributed by atoms with Crippen LogP contribution in [0.3, 0.4) is 0 Å². The van der Waals surface area contributed by atoms with Crippen molar-refractivity contribution in [3.63, 3.8) is 0 Å². The van der Waals surface area contributed by atoms with Gasteiger partial charge in [0.2, 0.25) is 0 Å². The fourth-order valence-electron chi connectivity index (χ4n) is 0.988. The summed E-state index contributed by atoms with van der Waals surface area (Å²) >= 11 is 0. The zero-order valence-corrected chi connectivity index (χ0v) is 9.47. The van der Waals surface area contributed by atoms with E-state index < -0.39 is 18.1 Å². The molecule has 0 aromatic heterocycles. The Kier molecular flexibility index (Phi) is 7.23. The minimum atomic E-state index is -1.58. The molecule has 0 bridgehead atoms. The molecule has 16 heavy (non-hydrogen) atoms. The third-order valence-corrected chi connectivity index (χ3v) is 1.97. The van der Waals surface area contributed by atoms with Crippen LogP contribution in [0.2, 0.25) is 0 Å². The SMILES string of the molecule is CCN(CCOC)C(=O)NC[C@H](O)C(=O)O. The van der Waals surface area contributed by atoms with E-state index in [-0.39, 0.29) is 6.54 Å². The molecule has 0 aliphatic carbocycles. The van der Waals surface area contributed by atoms with E-state index in [9.17, 15) is 9.59 Å². The Morgan fingerprint density at radius 1 is 1.50 bits per heavy atom. The molecule has 0 radical (unpaired) electrons. The summed E-state index contributed by atoms with van der Waals surface area (Å²) in [7, 11) is 1.53. The number of aliphatic hydroxyl groups excluding tert-OH is 1. The fourth-order valence-corrected chi connectivity index (χ4v) is 0.988. The summed E-state index contributed by atoms with van der Waals surface area (Å²) in [6.07, 6.45) is -1.58. The van der Waals surface area contributed by atoms with Gasteiger partial charge in [0.05, 0.1) is 13.2 Å². The number of amides is 2. The van der Waals surface area contributed by atoms with E-state index in [1.54, 1.807) is 6.92 Å². The lowest BCUT2D eigenvalue weighted by molar-refractivity contribution is -0.146. The average Bonchev–Trinajstić information content (AvgIpc) is 2.26. The van der Waals surface area contributed by atoms with Crippen LogP contribution in [-0.2, 0) is 9.53 Å². The van der Waals surface area contributed by atoms with Crippen molar-refractivity contribution < 1.29 is 24.5 Å². The van der Waals surface area contributed by atoms with Gasteiger partial charge in [-0.3, -0.25) is 0 Å². The monoisotopic (exact) mass is 234 g/mol. The number of hydrogen-bond acceptors (Lipinski definition) is 4. The highest BCUT2D eigenvalue weighted by atomic mass is 16.5. The second-order valence-corrected chi connectivity index (χ2v) is 3.11. The molecule has 0 rings (SSSR count). The van der Waals surface area contributed by atoms with Gasteiger partial charge in [-0.15, -0.1) is 0 Å². The largest absolute Gasteiger partial charge is 0.479 e. The second kappa shape index (κ2) is 7.89. The third kappa shape index (κ3) is 5.52. The lowest BCUT2D eigenvalue weighted by atomic mass is 10.3. The van der Waals surface area contributed by atoms with Crippen LogP contribution >= 0.6 is 0 Å². The number of urea groups is 1. The Bertz CT molecular complexity index is 234. The number of likely N-dealkylation sites (N-methyl/N-ethyl adjacent to an activating group) is 1. The normalized spacial score (nSPS) is 11.9. The van der Waals surface area contributed by atoms with Crippen LogP contribution in [0, 0.1) is 0 Å². The maximum Gasteiger partial charge on any atom is 0.334 e. The average molecular weight is 234 g/mol. The van der Waals surface area contributed by atoms with Gasteiger partial charge in [-0.1, -0.05) is 0 Å². The molecule has 0 unspecified atom stereocenters. The molecule has 0 aromatic carbocycles. The number of rotatable bonds is 7. The van der Waals surface area contributed by atoms with E-state index in [0.717, 1.165) is 0 Å². The maximum absolute atomic E-state index is 11.5. The smallest absolute Gasteiger partial charge is 0.334 e. The lowest BCUT2D eigenvalue weighted by Gasteiger charge is -2.21. The standard InChI is InChI=1S/C9H18N2O5/c1-3-11(4-5-16-2)9(15)10-6-7(12)8(13)14/h7,12H,3-6H2,1-2H3,(H,10,15)(H,13,14)/t7-/m0/s1. The van der Waals surface area contributed by atoms with Crippen LogP contribution in [-0.4, -0.2) is 66.6 Å². The van der Waals surface area contributed by atoms with Crippen molar-refractivity contribution in [1.29, 1.82) is 0 Å². The molecule has 0 aliphatic heterocycles. The first-order valence-electron chi connectivity index (χ1n) is 4.95. The molecule has 1 atom stereocenters. The summed E-state index contributed by atoms with van der Waals surface area (Å²) in [4.78, 5) is 23.2. The number of aliphatic hydroxyl groups is 1. The van der Waals surface area contributed by atoms with Crippen LogP contribution in [0.1, 0.15) is 6.92 Å². The van der Waals surface area contributed by atoms with Gasteiger partial charge >= 0.3 is 12.0 Å². The molecule has 0 aromatic rings. The van der Waals surface area contributed by atoms with E-state index in [0.29, 0.717) is 19.7 Å². The molecule has 0 saturated carbocycles. The van der Waals surface area contributed by atoms with Crippen molar-refractivity contribution in [1.82, 2.24) is 10.2 Å². The number of hydrogen-bond donors (Lipinski definition) is 3. The highest BCUT2D eigenvalue weighted by Gasteiger charge is 2.16. The van der Waals surface area contributed by atoms with Gasteiger partial charge in [0, 0.05) is 20.2 Å². The van der Waals surface area contributed by atoms with E-state index in [4.69, 9.17) is 14.9 Å². The Hall–Kier alpha value is -1.34. The van der Waals surface area contributed by atoms with Crippen LogP contribution in [0.25, 0.3) is 0 Å². The molecule has 0 aliphatic rings. The Morgan fingerprint density at radius 2 is 2.12 bits per heavy atom. The van der Waals surface area contributed by atoms with E-state index in [2.05, 4.69) is 5.32 Å². The highest BCUT2D eigenvalue weighted by Crippen LogP contribution is 1.90. The second-order valence-electron chi connectivity index (χ2n) is 3.11. The number of carbonyl (C=O) groups excluding carboxylic acids is 1. The molecule has 94 valence electrons. The van der Waals surface area contributed by atoms with Crippen molar-refractivity contribution in [3.05, 3.63) is 0 Å². The Labute approximate surface area is 94.0 Å². The quantitative estimate of drug-likeness (QED) is 0.530. The fraction of sp³-hybridized carbons (Fsp3) is 0.778. The molecule has 0 spiro atoms. The number of carboxylic acids is 1. The van der Waals surface area contributed by atoms with Crippen LogP contribution in [0.4, 0.5) is 4.79 Å². The summed E-state index contributed by atoms with van der Waals surface area (Å²) in [5.41, 5.74) is 0. The zero-order valence-electron chi connectivity index (χ0n) is 9.47. The number of nitrogens with zero attached hydrogens (tertiary/aromatic N) is 1. The Balaban J connectivity index is 3.96.